The molecule has 1 N–H and O–H groups in total. The Morgan fingerprint density at radius 1 is 0.788 bits per heavy atom. The minimum absolute atomic E-state index is 0.0123. The number of methoxy groups -OCH3 is 1. The number of benzene rings is 3. The van der Waals surface area contributed by atoms with Crippen molar-refractivity contribution in [2.45, 2.75) is 25.9 Å². The minimum atomic E-state index is -0.981. The molecule has 3 rings (SSSR count). The third kappa shape index (κ3) is 7.19. The maximum Gasteiger partial charge on any atom is 0.333 e. The second-order valence-corrected chi connectivity index (χ2v) is 7.68. The van der Waals surface area contributed by atoms with Gasteiger partial charge < -0.3 is 19.3 Å². The van der Waals surface area contributed by atoms with Crippen LogP contribution in [0, 0.1) is 6.92 Å². The minimum Gasteiger partial charge on any atom is -0.493 e. The van der Waals surface area contributed by atoms with Gasteiger partial charge in [-0.3, -0.25) is 4.79 Å². The lowest BCUT2D eigenvalue weighted by Crippen LogP contribution is -2.24. The quantitative estimate of drug-likeness (QED) is 0.319. The Kier molecular flexibility index (Phi) is 8.61. The molecule has 1 unspecified atom stereocenters. The first kappa shape index (κ1) is 24.0. The van der Waals surface area contributed by atoms with Gasteiger partial charge in [-0.2, -0.15) is 0 Å². The molecule has 0 fully saturated rings. The Morgan fingerprint density at radius 3 is 1.76 bits per heavy atom. The number of carbonyl (C=O) groups excluding carboxylic acids is 1. The molecule has 1 atom stereocenters. The monoisotopic (exact) mass is 448 g/mol. The van der Waals surface area contributed by atoms with Gasteiger partial charge in [0.15, 0.2) is 11.9 Å². The highest BCUT2D eigenvalue weighted by Crippen LogP contribution is 2.17. The van der Waals surface area contributed by atoms with E-state index in [1.54, 1.807) is 24.3 Å². The van der Waals surface area contributed by atoms with Gasteiger partial charge in [-0.1, -0.05) is 42.0 Å². The zero-order valence-corrected chi connectivity index (χ0v) is 18.8. The Labute approximate surface area is 193 Å². The summed E-state index contributed by atoms with van der Waals surface area (Å²) in [7, 11) is 1.39. The molecule has 0 aliphatic rings. The fourth-order valence-corrected chi connectivity index (χ4v) is 3.22. The summed E-state index contributed by atoms with van der Waals surface area (Å²) in [6.07, 6.45) is 0.134. The van der Waals surface area contributed by atoms with Crippen molar-refractivity contribution in [2.75, 3.05) is 20.3 Å². The summed E-state index contributed by atoms with van der Waals surface area (Å²) in [5.74, 6) is 0.417. The maximum absolute atomic E-state index is 12.5. The van der Waals surface area contributed by atoms with Crippen LogP contribution in [0.3, 0.4) is 0 Å². The highest BCUT2D eigenvalue weighted by atomic mass is 16.5. The second-order valence-electron chi connectivity index (χ2n) is 7.68. The number of ketones is 1. The predicted molar refractivity (Wildman–Crippen MR) is 125 cm³/mol. The Hall–Kier alpha value is -3.64. The first-order chi connectivity index (χ1) is 16.0. The summed E-state index contributed by atoms with van der Waals surface area (Å²) in [4.78, 5) is 23.6. The van der Waals surface area contributed by atoms with Gasteiger partial charge in [0.2, 0.25) is 0 Å². The SMILES string of the molecule is COC(Cc1ccc(OCCCOc2ccc(C(=O)c3ccc(C)cc3)cc2)cc1)C(=O)O. The predicted octanol–water partition coefficient (Wildman–Crippen LogP) is 4.72. The number of carboxylic acids is 1. The van der Waals surface area contributed by atoms with Crippen LogP contribution in [-0.4, -0.2) is 43.3 Å². The lowest BCUT2D eigenvalue weighted by molar-refractivity contribution is -0.148. The molecule has 0 aromatic heterocycles. The summed E-state index contributed by atoms with van der Waals surface area (Å²) >= 11 is 0. The number of hydrogen-bond acceptors (Lipinski definition) is 5. The molecule has 3 aromatic rings. The topological polar surface area (TPSA) is 82.1 Å². The van der Waals surface area contributed by atoms with Crippen LogP contribution in [0.2, 0.25) is 0 Å². The molecule has 33 heavy (non-hydrogen) atoms. The zero-order chi connectivity index (χ0) is 23.6. The molecule has 6 heteroatoms. The maximum atomic E-state index is 12.5. The van der Waals surface area contributed by atoms with E-state index < -0.39 is 12.1 Å². The summed E-state index contributed by atoms with van der Waals surface area (Å²) in [6, 6.07) is 22.0. The van der Waals surface area contributed by atoms with Gasteiger partial charge in [-0.15, -0.1) is 0 Å². The number of aryl methyl sites for hydroxylation is 1. The first-order valence-electron chi connectivity index (χ1n) is 10.8. The van der Waals surface area contributed by atoms with Crippen LogP contribution in [0.5, 0.6) is 11.5 Å². The van der Waals surface area contributed by atoms with Gasteiger partial charge in [0.25, 0.3) is 0 Å². The highest BCUT2D eigenvalue weighted by molar-refractivity contribution is 6.09. The molecule has 3 aromatic carbocycles. The number of hydrogen-bond donors (Lipinski definition) is 1. The van der Waals surface area contributed by atoms with Crippen molar-refractivity contribution >= 4 is 11.8 Å². The third-order valence-corrected chi connectivity index (χ3v) is 5.16. The summed E-state index contributed by atoms with van der Waals surface area (Å²) < 4.78 is 16.4. The van der Waals surface area contributed by atoms with E-state index in [9.17, 15) is 9.59 Å². The van der Waals surface area contributed by atoms with E-state index in [0.717, 1.165) is 11.1 Å². The van der Waals surface area contributed by atoms with E-state index in [4.69, 9.17) is 19.3 Å². The van der Waals surface area contributed by atoms with E-state index in [1.807, 2.05) is 55.5 Å². The van der Waals surface area contributed by atoms with Crippen molar-refractivity contribution in [1.29, 1.82) is 0 Å². The van der Waals surface area contributed by atoms with Gasteiger partial charge in [0, 0.05) is 31.1 Å². The van der Waals surface area contributed by atoms with Crippen molar-refractivity contribution in [1.82, 2.24) is 0 Å². The van der Waals surface area contributed by atoms with E-state index in [-0.39, 0.29) is 5.78 Å². The molecule has 6 nitrogen and oxygen atoms in total. The van der Waals surface area contributed by atoms with Crippen LogP contribution < -0.4 is 9.47 Å². The average molecular weight is 449 g/mol. The van der Waals surface area contributed by atoms with E-state index in [1.165, 1.54) is 7.11 Å². The van der Waals surface area contributed by atoms with Crippen molar-refractivity contribution in [3.05, 3.63) is 95.1 Å². The lowest BCUT2D eigenvalue weighted by Gasteiger charge is -2.11. The fourth-order valence-electron chi connectivity index (χ4n) is 3.22. The van der Waals surface area contributed by atoms with Gasteiger partial charge in [0.05, 0.1) is 13.2 Å². The molecule has 0 saturated heterocycles. The van der Waals surface area contributed by atoms with Crippen LogP contribution in [0.15, 0.2) is 72.8 Å². The molecule has 0 bridgehead atoms. The lowest BCUT2D eigenvalue weighted by atomic mass is 10.0. The van der Waals surface area contributed by atoms with Gasteiger partial charge in [0.1, 0.15) is 11.5 Å². The van der Waals surface area contributed by atoms with Gasteiger partial charge in [-0.05, 0) is 48.9 Å². The normalized spacial score (nSPS) is 11.6. The summed E-state index contributed by atoms with van der Waals surface area (Å²) in [6.45, 7) is 2.96. The van der Waals surface area contributed by atoms with Crippen molar-refractivity contribution in [2.24, 2.45) is 0 Å². The van der Waals surface area contributed by atoms with E-state index in [0.29, 0.717) is 48.7 Å². The van der Waals surface area contributed by atoms with E-state index in [2.05, 4.69) is 0 Å². The van der Waals surface area contributed by atoms with Crippen molar-refractivity contribution < 1.29 is 28.9 Å². The number of carbonyl (C=O) groups is 2. The van der Waals surface area contributed by atoms with Gasteiger partial charge in [-0.25, -0.2) is 4.79 Å². The Bertz CT molecular complexity index is 1040. The molecule has 0 spiro atoms. The zero-order valence-electron chi connectivity index (χ0n) is 18.8. The molecular formula is C27H28O6. The molecule has 0 aliphatic heterocycles. The van der Waals surface area contributed by atoms with Crippen molar-refractivity contribution in [3.8, 4) is 11.5 Å². The van der Waals surface area contributed by atoms with Crippen molar-refractivity contribution in [3.63, 3.8) is 0 Å². The molecule has 172 valence electrons. The van der Waals surface area contributed by atoms with E-state index >= 15 is 0 Å². The molecular weight excluding hydrogens is 420 g/mol. The molecule has 0 aliphatic carbocycles. The molecule has 0 amide bonds. The van der Waals surface area contributed by atoms with Crippen LogP contribution in [0.25, 0.3) is 0 Å². The molecule has 0 saturated carbocycles. The van der Waals surface area contributed by atoms with Crippen LogP contribution >= 0.6 is 0 Å². The average Bonchev–Trinajstić information content (AvgIpc) is 2.83. The summed E-state index contributed by atoms with van der Waals surface area (Å²) in [5, 5.41) is 9.06. The van der Waals surface area contributed by atoms with Crippen LogP contribution in [-0.2, 0) is 16.0 Å². The standard InChI is InChI=1S/C27H28O6/c1-19-4-8-21(9-5-19)26(28)22-10-14-24(15-11-22)33-17-3-16-32-23-12-6-20(7-13-23)18-25(31-2)27(29)30/h4-15,25H,3,16-18H2,1-2H3,(H,29,30). The molecule has 0 radical (unpaired) electrons. The number of carboxylic acid groups (broad SMARTS) is 1. The molecule has 0 heterocycles. The third-order valence-electron chi connectivity index (χ3n) is 5.16. The number of ether oxygens (including phenoxy) is 3. The number of aliphatic carboxylic acids is 1. The largest absolute Gasteiger partial charge is 0.493 e. The number of rotatable bonds is 12. The van der Waals surface area contributed by atoms with Gasteiger partial charge >= 0.3 is 5.97 Å². The Balaban J connectivity index is 1.39. The second kappa shape index (κ2) is 11.8. The van der Waals surface area contributed by atoms with Crippen LogP contribution in [0.4, 0.5) is 0 Å². The fraction of sp³-hybridized carbons (Fsp3) is 0.259. The van der Waals surface area contributed by atoms with Crippen LogP contribution in [0.1, 0.15) is 33.5 Å². The Morgan fingerprint density at radius 2 is 1.27 bits per heavy atom. The smallest absolute Gasteiger partial charge is 0.333 e. The summed E-state index contributed by atoms with van der Waals surface area (Å²) in [5.41, 5.74) is 3.27. The highest BCUT2D eigenvalue weighted by Gasteiger charge is 2.16. The first-order valence-corrected chi connectivity index (χ1v) is 10.8.